The van der Waals surface area contributed by atoms with Crippen molar-refractivity contribution in [3.8, 4) is 0 Å². The molecule has 1 unspecified atom stereocenters. The summed E-state index contributed by atoms with van der Waals surface area (Å²) in [4.78, 5) is 53.9. The van der Waals surface area contributed by atoms with Gasteiger partial charge >= 0.3 is 0 Å². The smallest absolute Gasteiger partial charge is 0.289 e. The fraction of sp³-hybridized carbons (Fsp3) is 0.435. The highest BCUT2D eigenvalue weighted by atomic mass is 32.1. The van der Waals surface area contributed by atoms with Crippen molar-refractivity contribution in [1.82, 2.24) is 20.9 Å². The molecule has 1 aromatic carbocycles. The number of amides is 3. The number of ketones is 1. The molecule has 0 radical (unpaired) electrons. The second-order valence-corrected chi connectivity index (χ2v) is 8.92. The number of rotatable bonds is 10. The number of Topliss-reactive ketones (excluding diaryl/α,β-unsaturated/α-hetero) is 1. The Hall–Kier alpha value is -3.21. The number of benzene rings is 1. The Morgan fingerprint density at radius 3 is 2.59 bits per heavy atom. The van der Waals surface area contributed by atoms with Gasteiger partial charge in [0.15, 0.2) is 0 Å². The zero-order chi connectivity index (χ0) is 24.6. The van der Waals surface area contributed by atoms with Crippen molar-refractivity contribution in [2.24, 2.45) is 5.92 Å². The van der Waals surface area contributed by atoms with Gasteiger partial charge in [-0.15, -0.1) is 11.3 Å². The molecule has 8 nitrogen and oxygen atoms in total. The number of alkyl halides is 2. The van der Waals surface area contributed by atoms with Gasteiger partial charge in [-0.25, -0.2) is 13.8 Å². The second-order valence-electron chi connectivity index (χ2n) is 8.20. The standard InChI is InChI=1S/C23H26F2N4O4S/c24-23(25)8-4-7-16(10-23)21(32)27-12-19(30)29-18(9-15-5-2-1-3-6-15)20(31)22(33)26-11-17-13-34-14-28-17/h1-3,5-6,13-14,16,18H,4,7-12H2,(H,26,33)(H,27,32)(H,29,30)/t16?,18-/m1/s1. The third-order valence-corrected chi connectivity index (χ3v) is 6.14. The normalized spacial score (nSPS) is 17.9. The fourth-order valence-electron chi connectivity index (χ4n) is 3.75. The molecule has 0 saturated heterocycles. The Labute approximate surface area is 199 Å². The van der Waals surface area contributed by atoms with Crippen molar-refractivity contribution in [3.05, 3.63) is 52.5 Å². The summed E-state index contributed by atoms with van der Waals surface area (Å²) in [5.74, 6) is -6.79. The van der Waals surface area contributed by atoms with Gasteiger partial charge in [-0.2, -0.15) is 0 Å². The number of hydrogen-bond acceptors (Lipinski definition) is 6. The molecule has 1 heterocycles. The molecule has 2 aromatic rings. The topological polar surface area (TPSA) is 117 Å². The molecule has 11 heteroatoms. The summed E-state index contributed by atoms with van der Waals surface area (Å²) in [7, 11) is 0. The average molecular weight is 493 g/mol. The molecule has 1 aliphatic rings. The largest absolute Gasteiger partial charge is 0.347 e. The van der Waals surface area contributed by atoms with Gasteiger partial charge in [-0.05, 0) is 18.4 Å². The first-order valence-corrected chi connectivity index (χ1v) is 11.9. The third-order valence-electron chi connectivity index (χ3n) is 5.51. The molecule has 1 fully saturated rings. The van der Waals surface area contributed by atoms with E-state index in [-0.39, 0.29) is 25.8 Å². The lowest BCUT2D eigenvalue weighted by molar-refractivity contribution is -0.140. The summed E-state index contributed by atoms with van der Waals surface area (Å²) in [6.07, 6.45) is -0.156. The van der Waals surface area contributed by atoms with Crippen LogP contribution in [-0.2, 0) is 32.1 Å². The number of halogens is 2. The molecule has 1 saturated carbocycles. The van der Waals surface area contributed by atoms with E-state index in [1.165, 1.54) is 11.3 Å². The van der Waals surface area contributed by atoms with E-state index in [0.717, 1.165) is 5.56 Å². The quantitative estimate of drug-likeness (QED) is 0.439. The van der Waals surface area contributed by atoms with Gasteiger partial charge in [0.25, 0.3) is 5.91 Å². The number of nitrogens with zero attached hydrogens (tertiary/aromatic N) is 1. The molecule has 3 N–H and O–H groups in total. The zero-order valence-electron chi connectivity index (χ0n) is 18.4. The van der Waals surface area contributed by atoms with Crippen LogP contribution in [0.2, 0.25) is 0 Å². The van der Waals surface area contributed by atoms with Gasteiger partial charge in [-0.3, -0.25) is 19.2 Å². The van der Waals surface area contributed by atoms with Crippen molar-refractivity contribution >= 4 is 34.8 Å². The molecule has 0 aliphatic heterocycles. The minimum absolute atomic E-state index is 0.0678. The fourth-order valence-corrected chi connectivity index (χ4v) is 4.31. The Kier molecular flexibility index (Phi) is 8.80. The third kappa shape index (κ3) is 7.68. The van der Waals surface area contributed by atoms with Crippen LogP contribution in [0.25, 0.3) is 0 Å². The van der Waals surface area contributed by atoms with Crippen LogP contribution in [0.1, 0.15) is 36.9 Å². The molecular formula is C23H26F2N4O4S. The highest BCUT2D eigenvalue weighted by Crippen LogP contribution is 2.36. The number of carbonyl (C=O) groups is 4. The first kappa shape index (κ1) is 25.4. The Bertz CT molecular complexity index is 1000. The van der Waals surface area contributed by atoms with E-state index in [1.807, 2.05) is 0 Å². The highest BCUT2D eigenvalue weighted by molar-refractivity contribution is 7.07. The van der Waals surface area contributed by atoms with Gasteiger partial charge in [0.1, 0.15) is 6.04 Å². The second kappa shape index (κ2) is 11.8. The van der Waals surface area contributed by atoms with Gasteiger partial charge in [-0.1, -0.05) is 30.3 Å². The summed E-state index contributed by atoms with van der Waals surface area (Å²) >= 11 is 1.35. The van der Waals surface area contributed by atoms with E-state index in [0.29, 0.717) is 12.1 Å². The summed E-state index contributed by atoms with van der Waals surface area (Å²) in [5, 5.41) is 9.08. The van der Waals surface area contributed by atoms with Crippen LogP contribution in [0, 0.1) is 5.92 Å². The van der Waals surface area contributed by atoms with Crippen molar-refractivity contribution in [2.45, 2.75) is 50.6 Å². The molecule has 1 aliphatic carbocycles. The highest BCUT2D eigenvalue weighted by Gasteiger charge is 2.39. The number of carbonyl (C=O) groups excluding carboxylic acids is 4. The maximum Gasteiger partial charge on any atom is 0.289 e. The van der Waals surface area contributed by atoms with E-state index < -0.39 is 54.4 Å². The predicted molar refractivity (Wildman–Crippen MR) is 121 cm³/mol. The van der Waals surface area contributed by atoms with Crippen LogP contribution in [0.4, 0.5) is 8.78 Å². The number of hydrogen-bond donors (Lipinski definition) is 3. The first-order valence-electron chi connectivity index (χ1n) is 10.9. The van der Waals surface area contributed by atoms with Crippen LogP contribution < -0.4 is 16.0 Å². The lowest BCUT2D eigenvalue weighted by atomic mass is 9.86. The molecule has 3 rings (SSSR count). The Morgan fingerprint density at radius 2 is 1.91 bits per heavy atom. The molecule has 182 valence electrons. The molecule has 2 atom stereocenters. The molecule has 34 heavy (non-hydrogen) atoms. The zero-order valence-corrected chi connectivity index (χ0v) is 19.2. The van der Waals surface area contributed by atoms with Gasteiger partial charge in [0.05, 0.1) is 24.3 Å². The van der Waals surface area contributed by atoms with E-state index in [4.69, 9.17) is 0 Å². The average Bonchev–Trinajstić information content (AvgIpc) is 3.34. The summed E-state index contributed by atoms with van der Waals surface area (Å²) in [5.41, 5.74) is 2.93. The minimum atomic E-state index is -2.89. The van der Waals surface area contributed by atoms with Crippen LogP contribution in [-0.4, -0.2) is 47.0 Å². The van der Waals surface area contributed by atoms with Crippen molar-refractivity contribution in [1.29, 1.82) is 0 Å². The Morgan fingerprint density at radius 1 is 1.15 bits per heavy atom. The minimum Gasteiger partial charge on any atom is -0.347 e. The number of thiazole rings is 1. The summed E-state index contributed by atoms with van der Waals surface area (Å²) in [6.45, 7) is -0.415. The first-order chi connectivity index (χ1) is 16.2. The molecular weight excluding hydrogens is 466 g/mol. The number of aromatic nitrogens is 1. The van der Waals surface area contributed by atoms with E-state index in [2.05, 4.69) is 20.9 Å². The van der Waals surface area contributed by atoms with E-state index in [9.17, 15) is 28.0 Å². The monoisotopic (exact) mass is 492 g/mol. The van der Waals surface area contributed by atoms with Crippen molar-refractivity contribution < 1.29 is 28.0 Å². The van der Waals surface area contributed by atoms with Crippen LogP contribution in [0.3, 0.4) is 0 Å². The lowest BCUT2D eigenvalue weighted by Gasteiger charge is -2.28. The maximum atomic E-state index is 13.6. The van der Waals surface area contributed by atoms with Crippen LogP contribution in [0.15, 0.2) is 41.2 Å². The molecule has 0 bridgehead atoms. The van der Waals surface area contributed by atoms with Crippen LogP contribution >= 0.6 is 11.3 Å². The Balaban J connectivity index is 1.57. The van der Waals surface area contributed by atoms with E-state index >= 15 is 0 Å². The SMILES string of the molecule is O=C(CNC(=O)C1CCCC(F)(F)C1)N[C@H](Cc1ccccc1)C(=O)C(=O)NCc1cscn1. The summed E-state index contributed by atoms with van der Waals surface area (Å²) < 4.78 is 27.1. The van der Waals surface area contributed by atoms with E-state index in [1.54, 1.807) is 41.2 Å². The van der Waals surface area contributed by atoms with Gasteiger partial charge in [0.2, 0.25) is 23.5 Å². The van der Waals surface area contributed by atoms with Gasteiger partial charge < -0.3 is 16.0 Å². The number of nitrogens with one attached hydrogen (secondary N) is 3. The van der Waals surface area contributed by atoms with Crippen molar-refractivity contribution in [3.63, 3.8) is 0 Å². The summed E-state index contributed by atoms with van der Waals surface area (Å²) in [6, 6.07) is 7.67. The van der Waals surface area contributed by atoms with Crippen LogP contribution in [0.5, 0.6) is 0 Å². The molecule has 1 aromatic heterocycles. The molecule has 0 spiro atoms. The van der Waals surface area contributed by atoms with Gasteiger partial charge in [0, 0.05) is 30.6 Å². The molecule has 3 amide bonds. The lowest BCUT2D eigenvalue weighted by Crippen LogP contribution is -2.51. The maximum absolute atomic E-state index is 13.6. The van der Waals surface area contributed by atoms with Crippen molar-refractivity contribution in [2.75, 3.05) is 6.54 Å². The predicted octanol–water partition coefficient (Wildman–Crippen LogP) is 2.00.